The van der Waals surface area contributed by atoms with E-state index in [2.05, 4.69) is 66.7 Å². The van der Waals surface area contributed by atoms with Crippen LogP contribution in [0, 0.1) is 52.3 Å². The first-order valence-corrected chi connectivity index (χ1v) is 21.8. The van der Waals surface area contributed by atoms with E-state index in [1.807, 2.05) is 0 Å². The lowest BCUT2D eigenvalue weighted by Gasteiger charge is -2.60. The third kappa shape index (κ3) is 10.3. The first kappa shape index (κ1) is 40.7. The molecule has 0 aliphatic heterocycles. The molecule has 0 saturated heterocycles. The van der Waals surface area contributed by atoms with Gasteiger partial charge in [0.05, 0.1) is 6.10 Å². The minimum Gasteiger partial charge on any atom is -0.461 e. The molecular formula is C46H80O3. The number of fused-ring (bicyclic) bond motifs is 5. The van der Waals surface area contributed by atoms with Crippen LogP contribution in [0.3, 0.4) is 0 Å². The molecular weight excluding hydrogens is 601 g/mol. The van der Waals surface area contributed by atoms with Crippen LogP contribution in [-0.2, 0) is 9.53 Å². The van der Waals surface area contributed by atoms with Crippen molar-refractivity contribution in [3.63, 3.8) is 0 Å². The molecule has 3 nitrogen and oxygen atoms in total. The summed E-state index contributed by atoms with van der Waals surface area (Å²) in [6.45, 7) is 16.9. The Kier molecular flexibility index (Phi) is 16.3. The maximum Gasteiger partial charge on any atom is 0.306 e. The minimum atomic E-state index is -0.398. The maximum atomic E-state index is 13.3. The van der Waals surface area contributed by atoms with Gasteiger partial charge in [-0.25, -0.2) is 0 Å². The standard InChI is InChI=1S/C46H80O3/c1-8-10-11-12-13-14-15-16-17-18-19-20-21-22-23-44(48)49-43-33-38(47)32-37-26-27-39-41-29-28-40(35(5)24-25-36(9-2)34(3)4)45(41,6)31-30-42(39)46(37,43)7/h24-26,34-36,38-43,47H,8-23,27-33H2,1-7H3/b25-24+/t35-,36+,38+,39+,40-,41+,42+,43?,45-,46+/m1/s1. The van der Waals surface area contributed by atoms with Crippen LogP contribution in [0.1, 0.15) is 196 Å². The summed E-state index contributed by atoms with van der Waals surface area (Å²) >= 11 is 0. The number of esters is 1. The molecule has 0 spiro atoms. The third-order valence-corrected chi connectivity index (χ3v) is 14.9. The molecule has 10 atom stereocenters. The van der Waals surface area contributed by atoms with Crippen molar-refractivity contribution < 1.29 is 14.6 Å². The minimum absolute atomic E-state index is 0.0327. The van der Waals surface area contributed by atoms with Gasteiger partial charge < -0.3 is 9.84 Å². The van der Waals surface area contributed by atoms with E-state index in [-0.39, 0.29) is 17.5 Å². The van der Waals surface area contributed by atoms with Gasteiger partial charge in [0, 0.05) is 18.3 Å². The van der Waals surface area contributed by atoms with Gasteiger partial charge in [0.25, 0.3) is 0 Å². The molecule has 0 radical (unpaired) electrons. The van der Waals surface area contributed by atoms with E-state index in [4.69, 9.17) is 4.74 Å². The van der Waals surface area contributed by atoms with Gasteiger partial charge in [-0.1, -0.05) is 156 Å². The predicted octanol–water partition coefficient (Wildman–Crippen LogP) is 13.2. The zero-order valence-electron chi connectivity index (χ0n) is 33.5. The number of carbonyl (C=O) groups excluding carboxylic acids is 1. The van der Waals surface area contributed by atoms with Crippen LogP contribution in [0.15, 0.2) is 23.8 Å². The van der Waals surface area contributed by atoms with Crippen LogP contribution < -0.4 is 0 Å². The van der Waals surface area contributed by atoms with Gasteiger partial charge in [0.15, 0.2) is 0 Å². The van der Waals surface area contributed by atoms with E-state index >= 15 is 0 Å². The Hall–Kier alpha value is -1.09. The highest BCUT2D eigenvalue weighted by molar-refractivity contribution is 5.69. The lowest BCUT2D eigenvalue weighted by atomic mass is 9.46. The number of allylic oxidation sites excluding steroid dienone is 3. The van der Waals surface area contributed by atoms with E-state index in [0.29, 0.717) is 47.8 Å². The normalized spacial score (nSPS) is 33.9. The maximum absolute atomic E-state index is 13.3. The molecule has 1 unspecified atom stereocenters. The monoisotopic (exact) mass is 681 g/mol. The summed E-state index contributed by atoms with van der Waals surface area (Å²) in [5, 5.41) is 10.9. The van der Waals surface area contributed by atoms with Gasteiger partial charge in [-0.2, -0.15) is 0 Å². The zero-order chi connectivity index (χ0) is 35.4. The van der Waals surface area contributed by atoms with Crippen molar-refractivity contribution >= 4 is 5.97 Å². The van der Waals surface area contributed by atoms with Gasteiger partial charge in [0.2, 0.25) is 0 Å². The molecule has 3 heteroatoms. The van der Waals surface area contributed by atoms with E-state index < -0.39 is 6.10 Å². The zero-order valence-corrected chi connectivity index (χ0v) is 33.5. The number of aliphatic hydroxyl groups is 1. The van der Waals surface area contributed by atoms with Crippen molar-refractivity contribution in [2.45, 2.75) is 208 Å². The Bertz CT molecular complexity index is 1040. The van der Waals surface area contributed by atoms with Crippen LogP contribution in [0.25, 0.3) is 0 Å². The number of carbonyl (C=O) groups is 1. The fourth-order valence-electron chi connectivity index (χ4n) is 11.7. The molecule has 4 rings (SSSR count). The van der Waals surface area contributed by atoms with Gasteiger partial charge in [-0.05, 0) is 98.2 Å². The molecule has 3 fully saturated rings. The van der Waals surface area contributed by atoms with Crippen molar-refractivity contribution in [3.8, 4) is 0 Å². The number of ether oxygens (including phenoxy) is 1. The van der Waals surface area contributed by atoms with Crippen LogP contribution in [0.4, 0.5) is 0 Å². The number of aliphatic hydroxyl groups excluding tert-OH is 1. The third-order valence-electron chi connectivity index (χ3n) is 14.9. The predicted molar refractivity (Wildman–Crippen MR) is 208 cm³/mol. The second-order valence-corrected chi connectivity index (χ2v) is 18.3. The molecule has 0 aromatic rings. The lowest BCUT2D eigenvalue weighted by molar-refractivity contribution is -0.169. The van der Waals surface area contributed by atoms with E-state index in [9.17, 15) is 9.90 Å². The second kappa shape index (κ2) is 19.7. The number of hydrogen-bond donors (Lipinski definition) is 1. The average molecular weight is 681 g/mol. The van der Waals surface area contributed by atoms with E-state index in [1.165, 1.54) is 115 Å². The molecule has 0 aromatic heterocycles. The summed E-state index contributed by atoms with van der Waals surface area (Å²) in [6.07, 6.45) is 35.0. The van der Waals surface area contributed by atoms with Gasteiger partial charge in [0.1, 0.15) is 6.10 Å². The summed E-state index contributed by atoms with van der Waals surface area (Å²) in [7, 11) is 0. The fourth-order valence-corrected chi connectivity index (χ4v) is 11.7. The highest BCUT2D eigenvalue weighted by Gasteiger charge is 2.61. The Morgan fingerprint density at radius 1 is 0.857 bits per heavy atom. The molecule has 0 heterocycles. The van der Waals surface area contributed by atoms with E-state index in [1.54, 1.807) is 0 Å². The topological polar surface area (TPSA) is 46.5 Å². The van der Waals surface area contributed by atoms with Crippen LogP contribution >= 0.6 is 0 Å². The van der Waals surface area contributed by atoms with E-state index in [0.717, 1.165) is 37.5 Å². The Morgan fingerprint density at radius 2 is 1.47 bits per heavy atom. The quantitative estimate of drug-likeness (QED) is 0.0745. The molecule has 1 N–H and O–H groups in total. The first-order valence-electron chi connectivity index (χ1n) is 21.8. The first-order chi connectivity index (χ1) is 23.6. The second-order valence-electron chi connectivity index (χ2n) is 18.3. The average Bonchev–Trinajstić information content (AvgIpc) is 3.43. The summed E-state index contributed by atoms with van der Waals surface area (Å²) < 4.78 is 6.43. The van der Waals surface area contributed by atoms with Crippen molar-refractivity contribution in [3.05, 3.63) is 23.8 Å². The highest BCUT2D eigenvalue weighted by atomic mass is 16.5. The molecule has 4 aliphatic carbocycles. The van der Waals surface area contributed by atoms with Crippen LogP contribution in [-0.4, -0.2) is 23.3 Å². The smallest absolute Gasteiger partial charge is 0.306 e. The molecule has 3 saturated carbocycles. The summed E-state index contributed by atoms with van der Waals surface area (Å²) in [5.74, 6) is 4.68. The van der Waals surface area contributed by atoms with Crippen molar-refractivity contribution in [1.82, 2.24) is 0 Å². The molecule has 4 aliphatic rings. The Labute approximate surface area is 304 Å². The number of hydrogen-bond acceptors (Lipinski definition) is 3. The lowest BCUT2D eigenvalue weighted by Crippen LogP contribution is -2.56. The molecule has 0 aromatic carbocycles. The Morgan fingerprint density at radius 3 is 2.06 bits per heavy atom. The molecule has 49 heavy (non-hydrogen) atoms. The van der Waals surface area contributed by atoms with Crippen LogP contribution in [0.5, 0.6) is 0 Å². The summed E-state index contributed by atoms with van der Waals surface area (Å²) in [6, 6.07) is 0. The highest BCUT2D eigenvalue weighted by Crippen LogP contribution is 2.67. The van der Waals surface area contributed by atoms with Crippen molar-refractivity contribution in [2.24, 2.45) is 52.3 Å². The Balaban J connectivity index is 1.25. The summed E-state index contributed by atoms with van der Waals surface area (Å²) in [5.41, 5.74) is 1.64. The summed E-state index contributed by atoms with van der Waals surface area (Å²) in [4.78, 5) is 13.3. The number of rotatable bonds is 21. The van der Waals surface area contributed by atoms with Gasteiger partial charge in [-0.15, -0.1) is 0 Å². The van der Waals surface area contributed by atoms with Crippen molar-refractivity contribution in [1.29, 1.82) is 0 Å². The molecule has 0 amide bonds. The fraction of sp³-hybridized carbons (Fsp3) is 0.891. The van der Waals surface area contributed by atoms with Gasteiger partial charge in [-0.3, -0.25) is 4.79 Å². The van der Waals surface area contributed by atoms with Crippen LogP contribution in [0.2, 0.25) is 0 Å². The van der Waals surface area contributed by atoms with Crippen molar-refractivity contribution in [2.75, 3.05) is 0 Å². The molecule has 282 valence electrons. The van der Waals surface area contributed by atoms with Gasteiger partial charge >= 0.3 is 5.97 Å². The number of unbranched alkanes of at least 4 members (excludes halogenated alkanes) is 13. The largest absolute Gasteiger partial charge is 0.461 e. The SMILES string of the molecule is CCCCCCCCCCCCCCCCC(=O)OC1C[C@@H](O)CC2=CC[C@H]3[C@@H]4CC[C@H]([C@H](C)/C=C/[C@H](CC)C(C)C)[C@@]4(C)CC[C@@H]3[C@]21C. The molecule has 0 bridgehead atoms.